The van der Waals surface area contributed by atoms with E-state index in [4.69, 9.17) is 0 Å². The summed E-state index contributed by atoms with van der Waals surface area (Å²) in [5, 5.41) is 0. The van der Waals surface area contributed by atoms with E-state index in [9.17, 15) is 9.59 Å². The summed E-state index contributed by atoms with van der Waals surface area (Å²) in [5.41, 5.74) is 0.982. The van der Waals surface area contributed by atoms with Crippen LogP contribution in [0.25, 0.3) is 0 Å². The minimum absolute atomic E-state index is 0.169. The van der Waals surface area contributed by atoms with Crippen LogP contribution in [0.4, 0.5) is 0 Å². The lowest BCUT2D eigenvalue weighted by molar-refractivity contribution is -0.140. The lowest BCUT2D eigenvalue weighted by atomic mass is 9.84. The smallest absolute Gasteiger partial charge is 0.244 e. The standard InChI is InChI=1S/C21H30N4O2/c26-20(17-6-3-7-17)24-12-5-13-25(15-14-24)21(27)19(23-10-1-2-11-23)18-8-4-9-22-16-18/h4,8-9,16-17,19H,1-3,5-7,10-15H2. The van der Waals surface area contributed by atoms with Crippen LogP contribution in [0.2, 0.25) is 0 Å². The second kappa shape index (κ2) is 8.38. The predicted octanol–water partition coefficient (Wildman–Crippen LogP) is 2.08. The van der Waals surface area contributed by atoms with Gasteiger partial charge < -0.3 is 9.80 Å². The Kier molecular flexibility index (Phi) is 5.72. The van der Waals surface area contributed by atoms with Crippen molar-refractivity contribution in [1.29, 1.82) is 0 Å². The molecule has 2 aliphatic heterocycles. The van der Waals surface area contributed by atoms with Crippen molar-refractivity contribution in [3.8, 4) is 0 Å². The van der Waals surface area contributed by atoms with Gasteiger partial charge >= 0.3 is 0 Å². The number of nitrogens with zero attached hydrogens (tertiary/aromatic N) is 4. The van der Waals surface area contributed by atoms with Crippen molar-refractivity contribution in [1.82, 2.24) is 19.7 Å². The first-order chi connectivity index (χ1) is 13.2. The van der Waals surface area contributed by atoms with Gasteiger partial charge in [-0.2, -0.15) is 0 Å². The molecular weight excluding hydrogens is 340 g/mol. The lowest BCUT2D eigenvalue weighted by Gasteiger charge is -2.32. The van der Waals surface area contributed by atoms with Crippen molar-refractivity contribution in [3.63, 3.8) is 0 Å². The first-order valence-corrected chi connectivity index (χ1v) is 10.5. The van der Waals surface area contributed by atoms with E-state index in [1.807, 2.05) is 28.1 Å². The molecule has 1 atom stereocenters. The number of aromatic nitrogens is 1. The van der Waals surface area contributed by atoms with Crippen LogP contribution < -0.4 is 0 Å². The molecule has 3 fully saturated rings. The maximum absolute atomic E-state index is 13.5. The zero-order valence-electron chi connectivity index (χ0n) is 16.1. The summed E-state index contributed by atoms with van der Waals surface area (Å²) in [5.74, 6) is 0.710. The van der Waals surface area contributed by atoms with Crippen molar-refractivity contribution in [2.24, 2.45) is 5.92 Å². The fourth-order valence-electron chi connectivity index (χ4n) is 4.49. The van der Waals surface area contributed by atoms with Crippen LogP contribution in [0, 0.1) is 5.92 Å². The summed E-state index contributed by atoms with van der Waals surface area (Å²) in [6, 6.07) is 3.68. The van der Waals surface area contributed by atoms with E-state index in [0.29, 0.717) is 19.0 Å². The fraction of sp³-hybridized carbons (Fsp3) is 0.667. The molecule has 0 radical (unpaired) electrons. The van der Waals surface area contributed by atoms with E-state index >= 15 is 0 Å². The summed E-state index contributed by atoms with van der Waals surface area (Å²) in [6.07, 6.45) is 9.99. The van der Waals surface area contributed by atoms with E-state index in [0.717, 1.165) is 63.8 Å². The van der Waals surface area contributed by atoms with Crippen LogP contribution in [0.1, 0.15) is 50.1 Å². The third-order valence-electron chi connectivity index (χ3n) is 6.31. The summed E-state index contributed by atoms with van der Waals surface area (Å²) in [4.78, 5) is 36.6. The number of rotatable bonds is 4. The fourth-order valence-corrected chi connectivity index (χ4v) is 4.49. The van der Waals surface area contributed by atoms with Gasteiger partial charge in [0, 0.05) is 44.5 Å². The monoisotopic (exact) mass is 370 g/mol. The molecule has 4 rings (SSSR count). The highest BCUT2D eigenvalue weighted by Crippen LogP contribution is 2.30. The molecule has 146 valence electrons. The quantitative estimate of drug-likeness (QED) is 0.814. The third kappa shape index (κ3) is 4.00. The average molecular weight is 370 g/mol. The molecule has 0 N–H and O–H groups in total. The van der Waals surface area contributed by atoms with Crippen LogP contribution in [0.15, 0.2) is 24.5 Å². The number of carbonyl (C=O) groups is 2. The van der Waals surface area contributed by atoms with Crippen LogP contribution >= 0.6 is 0 Å². The van der Waals surface area contributed by atoms with E-state index in [1.165, 1.54) is 6.42 Å². The molecule has 2 saturated heterocycles. The van der Waals surface area contributed by atoms with Gasteiger partial charge in [0.25, 0.3) is 0 Å². The first kappa shape index (κ1) is 18.4. The number of carbonyl (C=O) groups excluding carboxylic acids is 2. The SMILES string of the molecule is O=C(C1CCC1)N1CCCN(C(=O)C(c2cccnc2)N2CCCC2)CC1. The Hall–Kier alpha value is -1.95. The lowest BCUT2D eigenvalue weighted by Crippen LogP contribution is -2.45. The predicted molar refractivity (Wildman–Crippen MR) is 103 cm³/mol. The number of hydrogen-bond acceptors (Lipinski definition) is 4. The molecule has 6 heteroatoms. The molecule has 1 unspecified atom stereocenters. The van der Waals surface area contributed by atoms with Crippen LogP contribution in [-0.2, 0) is 9.59 Å². The van der Waals surface area contributed by atoms with E-state index in [1.54, 1.807) is 6.20 Å². The minimum Gasteiger partial charge on any atom is -0.341 e. The molecule has 2 amide bonds. The Labute approximate surface area is 161 Å². The molecule has 1 aromatic rings. The molecule has 0 aromatic carbocycles. The molecule has 1 aliphatic carbocycles. The second-order valence-electron chi connectivity index (χ2n) is 8.06. The molecule has 0 bridgehead atoms. The summed E-state index contributed by atoms with van der Waals surface area (Å²) in [6.45, 7) is 4.75. The molecular formula is C21H30N4O2. The highest BCUT2D eigenvalue weighted by Gasteiger charge is 2.35. The summed E-state index contributed by atoms with van der Waals surface area (Å²) in [7, 11) is 0. The maximum atomic E-state index is 13.5. The van der Waals surface area contributed by atoms with Gasteiger partial charge in [0.15, 0.2) is 0 Å². The topological polar surface area (TPSA) is 56.8 Å². The van der Waals surface area contributed by atoms with Gasteiger partial charge in [-0.3, -0.25) is 19.5 Å². The summed E-state index contributed by atoms with van der Waals surface area (Å²) >= 11 is 0. The second-order valence-corrected chi connectivity index (χ2v) is 8.06. The molecule has 1 aromatic heterocycles. The number of hydrogen-bond donors (Lipinski definition) is 0. The highest BCUT2D eigenvalue weighted by atomic mass is 16.2. The largest absolute Gasteiger partial charge is 0.341 e. The minimum atomic E-state index is -0.241. The van der Waals surface area contributed by atoms with E-state index < -0.39 is 0 Å². The normalized spacial score (nSPS) is 23.0. The Balaban J connectivity index is 1.45. The van der Waals surface area contributed by atoms with Gasteiger partial charge in [0.2, 0.25) is 11.8 Å². The molecule has 1 saturated carbocycles. The highest BCUT2D eigenvalue weighted by molar-refractivity contribution is 5.84. The van der Waals surface area contributed by atoms with Gasteiger partial charge in [-0.1, -0.05) is 12.5 Å². The van der Waals surface area contributed by atoms with Crippen LogP contribution in [0.5, 0.6) is 0 Å². The van der Waals surface area contributed by atoms with Gasteiger partial charge in [-0.15, -0.1) is 0 Å². The number of pyridine rings is 1. The van der Waals surface area contributed by atoms with Crippen molar-refractivity contribution >= 4 is 11.8 Å². The van der Waals surface area contributed by atoms with Crippen LogP contribution in [0.3, 0.4) is 0 Å². The van der Waals surface area contributed by atoms with Crippen molar-refractivity contribution in [3.05, 3.63) is 30.1 Å². The van der Waals surface area contributed by atoms with Crippen LogP contribution in [-0.4, -0.2) is 70.8 Å². The Morgan fingerprint density at radius 3 is 2.33 bits per heavy atom. The van der Waals surface area contributed by atoms with Crippen molar-refractivity contribution < 1.29 is 9.59 Å². The zero-order chi connectivity index (χ0) is 18.6. The first-order valence-electron chi connectivity index (χ1n) is 10.5. The number of amides is 2. The molecule has 3 aliphatic rings. The summed E-state index contributed by atoms with van der Waals surface area (Å²) < 4.78 is 0. The van der Waals surface area contributed by atoms with E-state index in [2.05, 4.69) is 9.88 Å². The van der Waals surface area contributed by atoms with E-state index in [-0.39, 0.29) is 17.9 Å². The molecule has 6 nitrogen and oxygen atoms in total. The van der Waals surface area contributed by atoms with Gasteiger partial charge in [-0.25, -0.2) is 0 Å². The molecule has 0 spiro atoms. The molecule has 3 heterocycles. The van der Waals surface area contributed by atoms with Crippen molar-refractivity contribution in [2.45, 2.75) is 44.6 Å². The average Bonchev–Trinajstić information content (AvgIpc) is 3.04. The van der Waals surface area contributed by atoms with Gasteiger partial charge in [0.1, 0.15) is 6.04 Å². The third-order valence-corrected chi connectivity index (χ3v) is 6.31. The van der Waals surface area contributed by atoms with Crippen molar-refractivity contribution in [2.75, 3.05) is 39.3 Å². The Morgan fingerprint density at radius 1 is 0.926 bits per heavy atom. The van der Waals surface area contributed by atoms with Gasteiger partial charge in [-0.05, 0) is 56.8 Å². The zero-order valence-corrected chi connectivity index (χ0v) is 16.1. The Morgan fingerprint density at radius 2 is 1.67 bits per heavy atom. The maximum Gasteiger partial charge on any atom is 0.244 e. The Bertz CT molecular complexity index is 655. The number of likely N-dealkylation sites (tertiary alicyclic amines) is 1. The molecule has 27 heavy (non-hydrogen) atoms. The van der Waals surface area contributed by atoms with Gasteiger partial charge in [0.05, 0.1) is 0 Å².